The molecular weight excluding hydrogens is 432 g/mol. The number of nitrogens with zero attached hydrogens (tertiary/aromatic N) is 2. The van der Waals surface area contributed by atoms with Crippen molar-refractivity contribution in [2.45, 2.75) is 27.7 Å². The van der Waals surface area contributed by atoms with Crippen LogP contribution in [0.15, 0.2) is 73.3 Å². The molecule has 8 heteroatoms. The number of hydrogen-bond donors (Lipinski definition) is 4. The first-order valence-corrected chi connectivity index (χ1v) is 11.1. The molecule has 0 aliphatic carbocycles. The summed E-state index contributed by atoms with van der Waals surface area (Å²) in [5.74, 6) is -1.75. The van der Waals surface area contributed by atoms with Gasteiger partial charge in [-0.25, -0.2) is 0 Å². The number of pyridine rings is 2. The lowest BCUT2D eigenvalue weighted by Crippen LogP contribution is -2.12. The van der Waals surface area contributed by atoms with E-state index in [2.05, 4.69) is 20.6 Å². The first-order valence-electron chi connectivity index (χ1n) is 11.1. The number of carbonyl (C=O) groups is 2. The number of nitrogens with one attached hydrogen (secondary N) is 2. The topological polar surface area (TPSA) is 124 Å². The van der Waals surface area contributed by atoms with Crippen LogP contribution in [0.2, 0.25) is 0 Å². The maximum absolute atomic E-state index is 10.4. The van der Waals surface area contributed by atoms with Gasteiger partial charge in [-0.1, -0.05) is 52.0 Å². The SMILES string of the molecule is CC.CC.O=C(O)CNc1cccc2ccncc12.O=C(O)CNc1cccc2cnccc12. The zero-order chi connectivity index (χ0) is 25.3. The molecule has 0 bridgehead atoms. The summed E-state index contributed by atoms with van der Waals surface area (Å²) in [6.45, 7) is 7.83. The van der Waals surface area contributed by atoms with Crippen molar-refractivity contribution in [1.82, 2.24) is 9.97 Å². The third-order valence-corrected chi connectivity index (χ3v) is 4.22. The minimum atomic E-state index is -0.879. The molecule has 0 saturated heterocycles. The standard InChI is InChI=1S/2C11H10N2O2.2C2H6/c14-11(15)7-13-10-3-1-2-8-6-12-5-4-9(8)10;14-11(15)7-13-10-3-1-2-8-4-5-12-6-9(8)10;2*1-2/h2*1-6,13H,7H2,(H,14,15);2*1-2H3. The molecule has 0 radical (unpaired) electrons. The van der Waals surface area contributed by atoms with Crippen molar-refractivity contribution < 1.29 is 19.8 Å². The van der Waals surface area contributed by atoms with Crippen LogP contribution in [-0.2, 0) is 9.59 Å². The van der Waals surface area contributed by atoms with E-state index in [-0.39, 0.29) is 13.1 Å². The minimum Gasteiger partial charge on any atom is -0.480 e. The number of anilines is 2. The van der Waals surface area contributed by atoms with Crippen LogP contribution in [0.3, 0.4) is 0 Å². The Morgan fingerprint density at radius 2 is 1.18 bits per heavy atom. The Morgan fingerprint density at radius 1 is 0.676 bits per heavy atom. The highest BCUT2D eigenvalue weighted by atomic mass is 16.4. The molecule has 0 aliphatic heterocycles. The summed E-state index contributed by atoms with van der Waals surface area (Å²) in [6, 6.07) is 15.1. The summed E-state index contributed by atoms with van der Waals surface area (Å²) < 4.78 is 0. The minimum absolute atomic E-state index is 0.0819. The van der Waals surface area contributed by atoms with Crippen molar-refractivity contribution >= 4 is 44.9 Å². The number of fused-ring (bicyclic) bond motifs is 2. The molecule has 2 aromatic carbocycles. The highest BCUT2D eigenvalue weighted by molar-refractivity contribution is 5.94. The van der Waals surface area contributed by atoms with E-state index >= 15 is 0 Å². The first-order chi connectivity index (χ1) is 16.5. The Bertz CT molecular complexity index is 1080. The molecule has 0 aliphatic rings. The molecule has 180 valence electrons. The van der Waals surface area contributed by atoms with E-state index < -0.39 is 11.9 Å². The van der Waals surface area contributed by atoms with E-state index in [0.717, 1.165) is 32.9 Å². The van der Waals surface area contributed by atoms with E-state index in [1.165, 1.54) is 0 Å². The van der Waals surface area contributed by atoms with Crippen LogP contribution in [0, 0.1) is 0 Å². The second kappa shape index (κ2) is 15.6. The van der Waals surface area contributed by atoms with Crippen LogP contribution in [0.4, 0.5) is 11.4 Å². The van der Waals surface area contributed by atoms with E-state index in [4.69, 9.17) is 10.2 Å². The Hall–Kier alpha value is -4.20. The summed E-state index contributed by atoms with van der Waals surface area (Å²) in [7, 11) is 0. The van der Waals surface area contributed by atoms with Crippen LogP contribution < -0.4 is 10.6 Å². The van der Waals surface area contributed by atoms with Gasteiger partial charge in [-0.2, -0.15) is 0 Å². The van der Waals surface area contributed by atoms with E-state index in [1.807, 2.05) is 76.2 Å². The van der Waals surface area contributed by atoms with Crippen molar-refractivity contribution in [3.63, 3.8) is 0 Å². The average molecular weight is 465 g/mol. The number of carboxylic acid groups (broad SMARTS) is 2. The molecule has 2 heterocycles. The Morgan fingerprint density at radius 3 is 1.76 bits per heavy atom. The number of aromatic nitrogens is 2. The zero-order valence-electron chi connectivity index (χ0n) is 19.9. The van der Waals surface area contributed by atoms with Crippen LogP contribution in [-0.4, -0.2) is 45.2 Å². The molecule has 0 saturated carbocycles. The van der Waals surface area contributed by atoms with E-state index in [0.29, 0.717) is 0 Å². The van der Waals surface area contributed by atoms with Crippen molar-refractivity contribution in [2.75, 3.05) is 23.7 Å². The van der Waals surface area contributed by atoms with Crippen LogP contribution >= 0.6 is 0 Å². The Kier molecular flexibility index (Phi) is 12.8. The van der Waals surface area contributed by atoms with Gasteiger partial charge >= 0.3 is 11.9 Å². The van der Waals surface area contributed by atoms with Gasteiger partial charge in [0.1, 0.15) is 13.1 Å². The van der Waals surface area contributed by atoms with Crippen LogP contribution in [0.25, 0.3) is 21.5 Å². The Labute approximate surface area is 199 Å². The van der Waals surface area contributed by atoms with Gasteiger partial charge in [0.25, 0.3) is 0 Å². The quantitative estimate of drug-likeness (QED) is 0.294. The highest BCUT2D eigenvalue weighted by Gasteiger charge is 2.02. The number of aliphatic carboxylic acids is 2. The summed E-state index contributed by atoms with van der Waals surface area (Å²) in [5.41, 5.74) is 1.61. The second-order valence-electron chi connectivity index (χ2n) is 6.30. The lowest BCUT2D eigenvalue weighted by atomic mass is 10.1. The monoisotopic (exact) mass is 464 g/mol. The molecule has 8 nitrogen and oxygen atoms in total. The van der Waals surface area contributed by atoms with Gasteiger partial charge in [0.15, 0.2) is 0 Å². The van der Waals surface area contributed by atoms with Crippen molar-refractivity contribution in [1.29, 1.82) is 0 Å². The normalized spacial score (nSPS) is 9.29. The molecular formula is C26H32N4O4. The van der Waals surface area contributed by atoms with Gasteiger partial charge in [0.05, 0.1) is 0 Å². The number of carboxylic acids is 2. The number of hydrogen-bond acceptors (Lipinski definition) is 6. The van der Waals surface area contributed by atoms with Crippen molar-refractivity contribution in [3.05, 3.63) is 73.3 Å². The predicted octanol–water partition coefficient (Wildman–Crippen LogP) is 5.52. The fourth-order valence-electron chi connectivity index (χ4n) is 2.89. The molecule has 4 rings (SSSR count). The molecule has 0 atom stereocenters. The fraction of sp³-hybridized carbons (Fsp3) is 0.231. The van der Waals surface area contributed by atoms with Gasteiger partial charge in [0.2, 0.25) is 0 Å². The summed E-state index contributed by atoms with van der Waals surface area (Å²) >= 11 is 0. The third kappa shape index (κ3) is 8.74. The average Bonchev–Trinajstić information content (AvgIpc) is 2.89. The second-order valence-corrected chi connectivity index (χ2v) is 6.30. The summed E-state index contributed by atoms with van der Waals surface area (Å²) in [5, 5.41) is 26.8. The Balaban J connectivity index is 0.000000297. The molecule has 4 aromatic rings. The van der Waals surface area contributed by atoms with Crippen molar-refractivity contribution in [3.8, 4) is 0 Å². The van der Waals surface area contributed by atoms with Crippen LogP contribution in [0.1, 0.15) is 27.7 Å². The van der Waals surface area contributed by atoms with Gasteiger partial charge < -0.3 is 20.8 Å². The lowest BCUT2D eigenvalue weighted by molar-refractivity contribution is -0.135. The maximum atomic E-state index is 10.4. The molecule has 0 unspecified atom stereocenters. The molecule has 0 spiro atoms. The molecule has 0 amide bonds. The predicted molar refractivity (Wildman–Crippen MR) is 138 cm³/mol. The zero-order valence-corrected chi connectivity index (χ0v) is 19.9. The van der Waals surface area contributed by atoms with Gasteiger partial charge in [0, 0.05) is 52.3 Å². The lowest BCUT2D eigenvalue weighted by Gasteiger charge is -2.06. The highest BCUT2D eigenvalue weighted by Crippen LogP contribution is 2.22. The third-order valence-electron chi connectivity index (χ3n) is 4.22. The molecule has 4 N–H and O–H groups in total. The van der Waals surface area contributed by atoms with Crippen molar-refractivity contribution in [2.24, 2.45) is 0 Å². The van der Waals surface area contributed by atoms with E-state index in [9.17, 15) is 9.59 Å². The van der Waals surface area contributed by atoms with Gasteiger partial charge in [-0.3, -0.25) is 19.6 Å². The van der Waals surface area contributed by atoms with E-state index in [1.54, 1.807) is 24.8 Å². The molecule has 0 fully saturated rings. The molecule has 2 aromatic heterocycles. The van der Waals surface area contributed by atoms with Gasteiger partial charge in [-0.05, 0) is 29.7 Å². The smallest absolute Gasteiger partial charge is 0.322 e. The summed E-state index contributed by atoms with van der Waals surface area (Å²) in [4.78, 5) is 28.9. The first kappa shape index (κ1) is 27.8. The maximum Gasteiger partial charge on any atom is 0.322 e. The van der Waals surface area contributed by atoms with Gasteiger partial charge in [-0.15, -0.1) is 0 Å². The molecule has 34 heavy (non-hydrogen) atoms. The number of rotatable bonds is 6. The fourth-order valence-corrected chi connectivity index (χ4v) is 2.89. The number of benzene rings is 2. The van der Waals surface area contributed by atoms with Crippen LogP contribution in [0.5, 0.6) is 0 Å². The largest absolute Gasteiger partial charge is 0.480 e. The summed E-state index contributed by atoms with van der Waals surface area (Å²) in [6.07, 6.45) is 6.87.